The number of likely N-dealkylation sites (tertiary alicyclic amines) is 1. The van der Waals surface area contributed by atoms with Crippen molar-refractivity contribution in [2.75, 3.05) is 18.0 Å². The van der Waals surface area contributed by atoms with Crippen LogP contribution in [-0.4, -0.2) is 70.1 Å². The van der Waals surface area contributed by atoms with E-state index in [2.05, 4.69) is 28.7 Å². The molecule has 9 heteroatoms. The molecule has 0 bridgehead atoms. The molecule has 1 atom stereocenters. The molecule has 0 aliphatic carbocycles. The van der Waals surface area contributed by atoms with Crippen molar-refractivity contribution in [1.82, 2.24) is 14.9 Å². The number of nitrogens with zero attached hydrogens (tertiary/aromatic N) is 4. The summed E-state index contributed by atoms with van der Waals surface area (Å²) in [5, 5.41) is 0. The molecule has 1 amide bonds. The fraction of sp³-hybridized carbons (Fsp3) is 0.783. The van der Waals surface area contributed by atoms with E-state index in [4.69, 9.17) is 14.0 Å². The number of hydrogen-bond donors (Lipinski definition) is 0. The van der Waals surface area contributed by atoms with Crippen molar-refractivity contribution in [3.63, 3.8) is 0 Å². The monoisotopic (exact) mass is 446 g/mol. The Labute approximate surface area is 193 Å². The smallest absolute Gasteiger partial charge is 0.444 e. The Kier molecular flexibility index (Phi) is 6.83. The number of hydrogen-bond acceptors (Lipinski definition) is 7. The van der Waals surface area contributed by atoms with Gasteiger partial charge in [-0.1, -0.05) is 0 Å². The molecule has 0 saturated carbocycles. The summed E-state index contributed by atoms with van der Waals surface area (Å²) in [4.78, 5) is 25.9. The molecule has 3 heterocycles. The Bertz CT molecular complexity index is 791. The van der Waals surface area contributed by atoms with Crippen LogP contribution in [0.5, 0.6) is 0 Å². The molecule has 2 saturated heterocycles. The van der Waals surface area contributed by atoms with Crippen LogP contribution in [0.3, 0.4) is 0 Å². The molecule has 0 spiro atoms. The first-order valence-electron chi connectivity index (χ1n) is 11.6. The van der Waals surface area contributed by atoms with Crippen LogP contribution in [0.4, 0.5) is 10.7 Å². The lowest BCUT2D eigenvalue weighted by molar-refractivity contribution is 0.00578. The molecule has 8 nitrogen and oxygen atoms in total. The molecule has 0 N–H and O–H groups in total. The van der Waals surface area contributed by atoms with Gasteiger partial charge in [0.1, 0.15) is 5.60 Å². The fourth-order valence-corrected chi connectivity index (χ4v) is 3.92. The van der Waals surface area contributed by atoms with Crippen molar-refractivity contribution in [1.29, 1.82) is 0 Å². The van der Waals surface area contributed by atoms with Crippen molar-refractivity contribution in [3.05, 3.63) is 12.4 Å². The van der Waals surface area contributed by atoms with Crippen molar-refractivity contribution in [2.45, 2.75) is 104 Å². The SMILES string of the molecule is CC(C)N(C[C@H]1CCCN1C(=O)OC(C)(C)C)c1ncc(B2OC(C)(C)C(C)(C)O2)cn1. The van der Waals surface area contributed by atoms with Gasteiger partial charge in [-0.15, -0.1) is 0 Å². The van der Waals surface area contributed by atoms with Gasteiger partial charge in [0.15, 0.2) is 0 Å². The van der Waals surface area contributed by atoms with Crippen LogP contribution in [0.1, 0.15) is 75.2 Å². The van der Waals surface area contributed by atoms with E-state index in [0.29, 0.717) is 19.0 Å². The number of rotatable bonds is 5. The molecule has 2 fully saturated rings. The lowest BCUT2D eigenvalue weighted by Crippen LogP contribution is -2.47. The molecule has 1 aromatic heterocycles. The standard InChI is InChI=1S/C23H39BN4O4/c1-16(2)28(15-18-11-10-12-27(18)20(29)30-21(3,4)5)19-25-13-17(14-26-19)24-31-22(6,7)23(8,9)32-24/h13-14,16,18H,10-12,15H2,1-9H3/t18-/m1/s1. The molecule has 0 aromatic carbocycles. The van der Waals surface area contributed by atoms with Gasteiger partial charge in [0.25, 0.3) is 0 Å². The van der Waals surface area contributed by atoms with Crippen LogP contribution < -0.4 is 10.4 Å². The van der Waals surface area contributed by atoms with Gasteiger partial charge in [-0.25, -0.2) is 14.8 Å². The van der Waals surface area contributed by atoms with Crippen molar-refractivity contribution < 1.29 is 18.8 Å². The Balaban J connectivity index is 1.72. The average Bonchev–Trinajstić information content (AvgIpc) is 3.20. The maximum Gasteiger partial charge on any atom is 0.498 e. The first-order chi connectivity index (χ1) is 14.7. The van der Waals surface area contributed by atoms with E-state index in [9.17, 15) is 4.79 Å². The van der Waals surface area contributed by atoms with E-state index in [0.717, 1.165) is 18.3 Å². The summed E-state index contributed by atoms with van der Waals surface area (Å²) in [5.41, 5.74) is -0.525. The molecule has 2 aliphatic rings. The highest BCUT2D eigenvalue weighted by Crippen LogP contribution is 2.36. The Morgan fingerprint density at radius 2 is 1.78 bits per heavy atom. The number of ether oxygens (including phenoxy) is 1. The third-order valence-electron chi connectivity index (χ3n) is 6.48. The molecular formula is C23H39BN4O4. The lowest BCUT2D eigenvalue weighted by atomic mass is 9.81. The number of aromatic nitrogens is 2. The van der Waals surface area contributed by atoms with E-state index in [1.807, 2.05) is 53.4 Å². The van der Waals surface area contributed by atoms with Crippen molar-refractivity contribution in [3.8, 4) is 0 Å². The van der Waals surface area contributed by atoms with Gasteiger partial charge < -0.3 is 23.8 Å². The third-order valence-corrected chi connectivity index (χ3v) is 6.48. The first kappa shape index (κ1) is 24.8. The molecule has 0 unspecified atom stereocenters. The minimum absolute atomic E-state index is 0.0682. The maximum atomic E-state index is 12.7. The summed E-state index contributed by atoms with van der Waals surface area (Å²) in [6.07, 6.45) is 5.22. The largest absolute Gasteiger partial charge is 0.498 e. The number of carbonyl (C=O) groups is 1. The van der Waals surface area contributed by atoms with Gasteiger partial charge in [-0.05, 0) is 75.2 Å². The first-order valence-corrected chi connectivity index (χ1v) is 11.6. The minimum atomic E-state index is -0.506. The van der Waals surface area contributed by atoms with Crippen LogP contribution >= 0.6 is 0 Å². The molecule has 178 valence electrons. The van der Waals surface area contributed by atoms with Crippen LogP contribution in [0, 0.1) is 0 Å². The maximum absolute atomic E-state index is 12.7. The lowest BCUT2D eigenvalue weighted by Gasteiger charge is -2.34. The topological polar surface area (TPSA) is 77.0 Å². The molecular weight excluding hydrogens is 407 g/mol. The summed E-state index contributed by atoms with van der Waals surface area (Å²) in [5.74, 6) is 0.635. The second kappa shape index (κ2) is 8.82. The third kappa shape index (κ3) is 5.37. The van der Waals surface area contributed by atoms with Gasteiger partial charge in [-0.2, -0.15) is 0 Å². The summed E-state index contributed by atoms with van der Waals surface area (Å²) >= 11 is 0. The average molecular weight is 446 g/mol. The normalized spacial score (nSPS) is 22.5. The van der Waals surface area contributed by atoms with Gasteiger partial charge in [0.05, 0.1) is 17.2 Å². The Morgan fingerprint density at radius 3 is 2.28 bits per heavy atom. The molecule has 3 rings (SSSR count). The zero-order chi connectivity index (χ0) is 23.9. The highest BCUT2D eigenvalue weighted by atomic mass is 16.7. The summed E-state index contributed by atoms with van der Waals surface area (Å²) < 4.78 is 17.8. The minimum Gasteiger partial charge on any atom is -0.444 e. The summed E-state index contributed by atoms with van der Waals surface area (Å²) in [7, 11) is -0.487. The predicted molar refractivity (Wildman–Crippen MR) is 126 cm³/mol. The van der Waals surface area contributed by atoms with Crippen molar-refractivity contribution >= 4 is 24.6 Å². The van der Waals surface area contributed by atoms with Gasteiger partial charge in [0.2, 0.25) is 5.95 Å². The van der Waals surface area contributed by atoms with E-state index in [1.165, 1.54) is 0 Å². The Morgan fingerprint density at radius 1 is 1.22 bits per heavy atom. The molecule has 0 radical (unpaired) electrons. The van der Waals surface area contributed by atoms with Crippen LogP contribution in [0.2, 0.25) is 0 Å². The molecule has 1 aromatic rings. The zero-order valence-electron chi connectivity index (χ0n) is 21.1. The van der Waals surface area contributed by atoms with Gasteiger partial charge >= 0.3 is 13.2 Å². The van der Waals surface area contributed by atoms with Crippen LogP contribution in [0.25, 0.3) is 0 Å². The summed E-state index contributed by atoms with van der Waals surface area (Å²) in [6, 6.07) is 0.248. The van der Waals surface area contributed by atoms with E-state index < -0.39 is 23.9 Å². The van der Waals surface area contributed by atoms with Crippen molar-refractivity contribution in [2.24, 2.45) is 0 Å². The second-order valence-corrected chi connectivity index (χ2v) is 11.1. The number of amides is 1. The van der Waals surface area contributed by atoms with Crippen LogP contribution in [0.15, 0.2) is 12.4 Å². The Hall–Kier alpha value is -1.87. The second-order valence-electron chi connectivity index (χ2n) is 11.1. The molecule has 32 heavy (non-hydrogen) atoms. The zero-order valence-corrected chi connectivity index (χ0v) is 21.1. The number of anilines is 1. The molecule has 2 aliphatic heterocycles. The highest BCUT2D eigenvalue weighted by molar-refractivity contribution is 6.61. The van der Waals surface area contributed by atoms with Crippen LogP contribution in [-0.2, 0) is 14.0 Å². The summed E-state index contributed by atoms with van der Waals surface area (Å²) in [6.45, 7) is 19.4. The predicted octanol–water partition coefficient (Wildman–Crippen LogP) is 3.39. The highest BCUT2D eigenvalue weighted by Gasteiger charge is 2.52. The van der Waals surface area contributed by atoms with Gasteiger partial charge in [-0.3, -0.25) is 0 Å². The quantitative estimate of drug-likeness (QED) is 0.642. The van der Waals surface area contributed by atoms with E-state index in [1.54, 1.807) is 12.4 Å². The van der Waals surface area contributed by atoms with Gasteiger partial charge in [0, 0.05) is 37.0 Å². The number of carbonyl (C=O) groups excluding carboxylic acids is 1. The fourth-order valence-electron chi connectivity index (χ4n) is 3.92. The van der Waals surface area contributed by atoms with E-state index in [-0.39, 0.29) is 18.2 Å². The van der Waals surface area contributed by atoms with E-state index >= 15 is 0 Å².